The number of thioether (sulfide) groups is 1. The molecule has 1 aliphatic heterocycles. The summed E-state index contributed by atoms with van der Waals surface area (Å²) >= 11 is 1.24. The van der Waals surface area contributed by atoms with Gasteiger partial charge < -0.3 is 0 Å². The first-order valence-corrected chi connectivity index (χ1v) is 9.58. The van der Waals surface area contributed by atoms with Gasteiger partial charge in [0, 0.05) is 0 Å². The number of hydrogen-bond donors (Lipinski definition) is 0. The predicted molar refractivity (Wildman–Crippen MR) is 110 cm³/mol. The Morgan fingerprint density at radius 3 is 1.96 bits per heavy atom. The van der Waals surface area contributed by atoms with E-state index in [1.54, 1.807) is 6.08 Å². The average molecular weight is 367 g/mol. The van der Waals surface area contributed by atoms with E-state index in [1.807, 2.05) is 91.0 Å². The fraction of sp³-hybridized carbons (Fsp3) is 0.0833. The lowest BCUT2D eigenvalue weighted by Gasteiger charge is -2.36. The molecule has 4 rings (SSSR count). The normalized spacial score (nSPS) is 20.0. The van der Waals surface area contributed by atoms with Crippen molar-refractivity contribution in [2.75, 3.05) is 0 Å². The Morgan fingerprint density at radius 1 is 0.815 bits per heavy atom. The predicted octanol–water partition coefficient (Wildman–Crippen LogP) is 5.55. The molecule has 2 nitrogen and oxygen atoms in total. The zero-order chi connectivity index (χ0) is 18.7. The van der Waals surface area contributed by atoms with Crippen molar-refractivity contribution in [3.8, 4) is 6.07 Å². The van der Waals surface area contributed by atoms with Crippen molar-refractivity contribution in [1.82, 2.24) is 0 Å². The van der Waals surface area contributed by atoms with Crippen molar-refractivity contribution >= 4 is 22.5 Å². The molecule has 130 valence electrons. The average Bonchev–Trinajstić information content (AvgIpc) is 3.09. The molecule has 0 fully saturated rings. The number of carbonyl (C=O) groups is 1. The smallest absolute Gasteiger partial charge is 0.213 e. The van der Waals surface area contributed by atoms with Gasteiger partial charge in [0.1, 0.15) is 0 Å². The summed E-state index contributed by atoms with van der Waals surface area (Å²) in [4.78, 5) is 12.6. The van der Waals surface area contributed by atoms with Gasteiger partial charge in [0.15, 0.2) is 0 Å². The minimum absolute atomic E-state index is 0.0195. The molecule has 0 saturated carbocycles. The van der Waals surface area contributed by atoms with Crippen LogP contribution in [0.5, 0.6) is 0 Å². The first-order valence-electron chi connectivity index (χ1n) is 8.76. The SMILES string of the molecule is N#CC(c1ccccc1)C1(c2ccccc2)SC(=O)C=C1c1ccccc1. The topological polar surface area (TPSA) is 40.9 Å². The summed E-state index contributed by atoms with van der Waals surface area (Å²) in [5.41, 5.74) is 3.73. The van der Waals surface area contributed by atoms with Crippen molar-refractivity contribution in [2.45, 2.75) is 10.7 Å². The molecule has 3 aromatic rings. The van der Waals surface area contributed by atoms with Crippen LogP contribution in [0.3, 0.4) is 0 Å². The van der Waals surface area contributed by atoms with Gasteiger partial charge in [-0.3, -0.25) is 4.79 Å². The van der Waals surface area contributed by atoms with Crippen molar-refractivity contribution in [3.05, 3.63) is 114 Å². The molecule has 1 aliphatic rings. The van der Waals surface area contributed by atoms with Crippen LogP contribution >= 0.6 is 11.8 Å². The van der Waals surface area contributed by atoms with Gasteiger partial charge in [0.05, 0.1) is 16.7 Å². The number of hydrogen-bond acceptors (Lipinski definition) is 3. The van der Waals surface area contributed by atoms with Crippen LogP contribution in [0, 0.1) is 11.3 Å². The molecule has 1 heterocycles. The van der Waals surface area contributed by atoms with Crippen LogP contribution in [0.2, 0.25) is 0 Å². The fourth-order valence-electron chi connectivity index (χ4n) is 3.71. The molecule has 3 aromatic carbocycles. The Balaban J connectivity index is 1.99. The first kappa shape index (κ1) is 17.3. The molecule has 27 heavy (non-hydrogen) atoms. The maximum absolute atomic E-state index is 12.6. The molecule has 0 spiro atoms. The standard InChI is InChI=1S/C24H17NOS/c25-17-22(19-12-6-2-7-13-19)24(20-14-8-3-9-15-20)21(16-23(26)27-24)18-10-4-1-5-11-18/h1-16,22H. The Bertz CT molecular complexity index is 1020. The molecule has 0 radical (unpaired) electrons. The highest BCUT2D eigenvalue weighted by Gasteiger charge is 2.51. The van der Waals surface area contributed by atoms with Gasteiger partial charge in [0.2, 0.25) is 5.12 Å². The van der Waals surface area contributed by atoms with E-state index in [4.69, 9.17) is 0 Å². The molecule has 2 unspecified atom stereocenters. The summed E-state index contributed by atoms with van der Waals surface area (Å²) in [6, 6.07) is 32.0. The number of benzene rings is 3. The third-order valence-corrected chi connectivity index (χ3v) is 6.21. The van der Waals surface area contributed by atoms with Crippen molar-refractivity contribution in [3.63, 3.8) is 0 Å². The van der Waals surface area contributed by atoms with Crippen LogP contribution in [-0.4, -0.2) is 5.12 Å². The largest absolute Gasteiger partial charge is 0.282 e. The lowest BCUT2D eigenvalue weighted by molar-refractivity contribution is -0.106. The van der Waals surface area contributed by atoms with Crippen LogP contribution in [0.4, 0.5) is 0 Å². The van der Waals surface area contributed by atoms with Gasteiger partial charge >= 0.3 is 0 Å². The van der Waals surface area contributed by atoms with E-state index in [1.165, 1.54) is 11.8 Å². The zero-order valence-corrected chi connectivity index (χ0v) is 15.4. The van der Waals surface area contributed by atoms with E-state index < -0.39 is 10.7 Å². The van der Waals surface area contributed by atoms with Crippen LogP contribution in [0.25, 0.3) is 5.57 Å². The van der Waals surface area contributed by atoms with Crippen LogP contribution in [0.1, 0.15) is 22.6 Å². The maximum atomic E-state index is 12.6. The second-order valence-corrected chi connectivity index (χ2v) is 7.67. The molecular formula is C24H17NOS. The molecule has 0 bridgehead atoms. The number of nitriles is 1. The molecule has 0 N–H and O–H groups in total. The summed E-state index contributed by atoms with van der Waals surface area (Å²) in [5.74, 6) is -0.496. The highest BCUT2D eigenvalue weighted by molar-refractivity contribution is 8.15. The lowest BCUT2D eigenvalue weighted by atomic mass is 9.74. The van der Waals surface area contributed by atoms with Crippen molar-refractivity contribution in [1.29, 1.82) is 5.26 Å². The third-order valence-electron chi connectivity index (χ3n) is 4.88. The monoisotopic (exact) mass is 367 g/mol. The Morgan fingerprint density at radius 2 is 1.37 bits per heavy atom. The second-order valence-electron chi connectivity index (χ2n) is 6.42. The number of nitrogens with zero attached hydrogens (tertiary/aromatic N) is 1. The van der Waals surface area contributed by atoms with E-state index in [0.717, 1.165) is 22.3 Å². The van der Waals surface area contributed by atoms with E-state index in [-0.39, 0.29) is 5.12 Å². The minimum atomic E-state index is -0.782. The highest BCUT2D eigenvalue weighted by Crippen LogP contribution is 2.59. The fourth-order valence-corrected chi connectivity index (χ4v) is 5.05. The highest BCUT2D eigenvalue weighted by atomic mass is 32.2. The molecular weight excluding hydrogens is 350 g/mol. The van der Waals surface area contributed by atoms with Crippen LogP contribution in [-0.2, 0) is 9.54 Å². The van der Waals surface area contributed by atoms with Gasteiger partial charge in [-0.05, 0) is 28.3 Å². The van der Waals surface area contributed by atoms with Crippen molar-refractivity contribution in [2.24, 2.45) is 0 Å². The summed E-state index contributed by atoms with van der Waals surface area (Å²) in [6.07, 6.45) is 1.69. The van der Waals surface area contributed by atoms with Gasteiger partial charge in [-0.1, -0.05) is 103 Å². The van der Waals surface area contributed by atoms with Crippen molar-refractivity contribution < 1.29 is 4.79 Å². The Kier molecular flexibility index (Phi) is 4.66. The summed E-state index contributed by atoms with van der Waals surface area (Å²) in [5, 5.41) is 10.2. The Labute approximate surface area is 163 Å². The number of carbonyl (C=O) groups excluding carboxylic acids is 1. The molecule has 0 aromatic heterocycles. The molecule has 0 amide bonds. The van der Waals surface area contributed by atoms with Gasteiger partial charge in [-0.2, -0.15) is 5.26 Å². The van der Waals surface area contributed by atoms with Gasteiger partial charge in [0.25, 0.3) is 0 Å². The van der Waals surface area contributed by atoms with E-state index in [0.29, 0.717) is 0 Å². The van der Waals surface area contributed by atoms with E-state index in [2.05, 4.69) is 6.07 Å². The molecule has 0 saturated heterocycles. The minimum Gasteiger partial charge on any atom is -0.282 e. The number of rotatable bonds is 4. The third kappa shape index (κ3) is 2.99. The first-order chi connectivity index (χ1) is 13.3. The molecule has 2 atom stereocenters. The molecule has 3 heteroatoms. The zero-order valence-electron chi connectivity index (χ0n) is 14.6. The summed E-state index contributed by atoms with van der Waals surface area (Å²) < 4.78 is -0.782. The van der Waals surface area contributed by atoms with E-state index >= 15 is 0 Å². The summed E-state index contributed by atoms with van der Waals surface area (Å²) in [6.45, 7) is 0. The van der Waals surface area contributed by atoms with Crippen LogP contribution < -0.4 is 0 Å². The maximum Gasteiger partial charge on any atom is 0.213 e. The quantitative estimate of drug-likeness (QED) is 0.607. The Hall–Kier alpha value is -3.09. The lowest BCUT2D eigenvalue weighted by Crippen LogP contribution is -2.29. The molecule has 0 aliphatic carbocycles. The summed E-state index contributed by atoms with van der Waals surface area (Å²) in [7, 11) is 0. The van der Waals surface area contributed by atoms with E-state index in [9.17, 15) is 10.1 Å². The second kappa shape index (κ2) is 7.26. The van der Waals surface area contributed by atoms with Gasteiger partial charge in [-0.15, -0.1) is 0 Å². The van der Waals surface area contributed by atoms with Gasteiger partial charge in [-0.25, -0.2) is 0 Å². The van der Waals surface area contributed by atoms with Crippen LogP contribution in [0.15, 0.2) is 97.1 Å².